The van der Waals surface area contributed by atoms with E-state index in [1.807, 2.05) is 0 Å². The number of ether oxygens (including phenoxy) is 3. The van der Waals surface area contributed by atoms with E-state index in [4.69, 9.17) is 14.2 Å². The van der Waals surface area contributed by atoms with Gasteiger partial charge in [0.15, 0.2) is 44.3 Å². The Morgan fingerprint density at radius 1 is 1.16 bits per heavy atom. The Hall–Kier alpha value is -4.33. The minimum Gasteiger partial charge on any atom is -0.504 e. The monoisotopic (exact) mass is 548 g/mol. The molecule has 13 nitrogen and oxygen atoms in total. The zero-order valence-electron chi connectivity index (χ0n) is 20.4. The molecule has 1 aromatic carbocycles. The number of aromatic nitrogens is 1. The largest absolute Gasteiger partial charge is 0.504 e. The molecule has 0 unspecified atom stereocenters. The smallest absolute Gasteiger partial charge is 0.328 e. The summed E-state index contributed by atoms with van der Waals surface area (Å²) in [6.07, 6.45) is 2.19. The van der Waals surface area contributed by atoms with Gasteiger partial charge in [-0.3, -0.25) is 14.6 Å². The van der Waals surface area contributed by atoms with Crippen LogP contribution in [0.2, 0.25) is 0 Å². The Bertz CT molecular complexity index is 1470. The van der Waals surface area contributed by atoms with E-state index >= 15 is 0 Å². The van der Waals surface area contributed by atoms with E-state index in [1.165, 1.54) is 38.6 Å². The fraction of sp³-hybridized carbons (Fsp3) is 0.333. The highest BCUT2D eigenvalue weighted by Crippen LogP contribution is 2.49. The van der Waals surface area contributed by atoms with Gasteiger partial charge in [-0.1, -0.05) is 6.07 Å². The molecule has 0 aliphatic carbocycles. The summed E-state index contributed by atoms with van der Waals surface area (Å²) >= 11 is 0. The Morgan fingerprint density at radius 2 is 1.87 bits per heavy atom. The van der Waals surface area contributed by atoms with Gasteiger partial charge in [0.1, 0.15) is 17.0 Å². The summed E-state index contributed by atoms with van der Waals surface area (Å²) in [6.45, 7) is 0.262. The average Bonchev–Trinajstić information content (AvgIpc) is 3.03. The number of carboxylic acid groups (broad SMARTS) is 1. The average molecular weight is 549 g/mol. The van der Waals surface area contributed by atoms with E-state index in [0.717, 1.165) is 24.0 Å². The van der Waals surface area contributed by atoms with Crippen LogP contribution >= 0.6 is 0 Å². The van der Waals surface area contributed by atoms with Gasteiger partial charge in [-0.05, 0) is 30.7 Å². The molecule has 4 rings (SSSR count). The van der Waals surface area contributed by atoms with Gasteiger partial charge < -0.3 is 34.4 Å². The second-order valence-electron chi connectivity index (χ2n) is 8.86. The topological polar surface area (TPSA) is 190 Å². The summed E-state index contributed by atoms with van der Waals surface area (Å²) in [5, 5.41) is 27.3. The zero-order chi connectivity index (χ0) is 28.0. The number of methoxy groups -OCH3 is 2. The van der Waals surface area contributed by atoms with Gasteiger partial charge in [-0.25, -0.2) is 13.2 Å². The number of fused-ring (bicyclic) bond motifs is 1. The van der Waals surface area contributed by atoms with Crippen molar-refractivity contribution < 1.29 is 52.3 Å². The maximum Gasteiger partial charge on any atom is 0.328 e. The van der Waals surface area contributed by atoms with Crippen LogP contribution in [-0.4, -0.2) is 88.5 Å². The minimum absolute atomic E-state index is 0.106. The van der Waals surface area contributed by atoms with E-state index in [9.17, 15) is 38.1 Å². The van der Waals surface area contributed by atoms with Gasteiger partial charge in [0, 0.05) is 12.3 Å². The molecule has 202 valence electrons. The molecule has 2 aromatic rings. The van der Waals surface area contributed by atoms with Crippen molar-refractivity contribution in [3.05, 3.63) is 47.3 Å². The number of nitrogens with zero attached hydrogens (tertiary/aromatic N) is 2. The van der Waals surface area contributed by atoms with Crippen LogP contribution in [0.3, 0.4) is 0 Å². The molecule has 0 spiro atoms. The lowest BCUT2D eigenvalue weighted by Gasteiger charge is -2.38. The van der Waals surface area contributed by atoms with Crippen molar-refractivity contribution in [2.24, 2.45) is 0 Å². The molecule has 14 heteroatoms. The van der Waals surface area contributed by atoms with Crippen LogP contribution in [0.5, 0.6) is 23.0 Å². The molecular formula is C24H24N2O11S. The first-order valence-electron chi connectivity index (χ1n) is 11.1. The highest BCUT2D eigenvalue weighted by atomic mass is 32.2. The molecule has 3 atom stereocenters. The third kappa shape index (κ3) is 4.06. The van der Waals surface area contributed by atoms with Crippen molar-refractivity contribution in [1.29, 1.82) is 0 Å². The van der Waals surface area contributed by atoms with Gasteiger partial charge in [-0.15, -0.1) is 0 Å². The van der Waals surface area contributed by atoms with Crippen molar-refractivity contribution in [1.82, 2.24) is 9.88 Å². The number of aromatic hydroxyl groups is 2. The van der Waals surface area contributed by atoms with Crippen LogP contribution in [0.25, 0.3) is 6.08 Å². The number of carboxylic acids is 1. The zero-order valence-corrected chi connectivity index (χ0v) is 21.3. The van der Waals surface area contributed by atoms with Crippen LogP contribution in [-0.2, 0) is 35.4 Å². The summed E-state index contributed by atoms with van der Waals surface area (Å²) in [4.78, 5) is 42.5. The lowest BCUT2D eigenvalue weighted by molar-refractivity contribution is -0.155. The number of aliphatic carboxylic acids is 1. The lowest BCUT2D eigenvalue weighted by Crippen LogP contribution is -2.59. The van der Waals surface area contributed by atoms with Crippen molar-refractivity contribution in [3.63, 3.8) is 0 Å². The van der Waals surface area contributed by atoms with E-state index in [1.54, 1.807) is 0 Å². The Kier molecular flexibility index (Phi) is 6.69. The molecule has 2 saturated heterocycles. The molecule has 2 aliphatic rings. The highest BCUT2D eigenvalue weighted by Gasteiger charge is 2.72. The molecule has 1 aromatic heterocycles. The van der Waals surface area contributed by atoms with Crippen molar-refractivity contribution in [2.45, 2.75) is 29.5 Å². The van der Waals surface area contributed by atoms with E-state index in [2.05, 4.69) is 4.98 Å². The third-order valence-corrected chi connectivity index (χ3v) is 9.26. The van der Waals surface area contributed by atoms with E-state index in [0.29, 0.717) is 0 Å². The van der Waals surface area contributed by atoms with Crippen LogP contribution in [0.15, 0.2) is 36.0 Å². The number of hydrogen-bond donors (Lipinski definition) is 3. The fourth-order valence-electron chi connectivity index (χ4n) is 4.58. The molecule has 3 heterocycles. The van der Waals surface area contributed by atoms with E-state index in [-0.39, 0.29) is 34.8 Å². The van der Waals surface area contributed by atoms with Crippen LogP contribution in [0, 0.1) is 0 Å². The maximum atomic E-state index is 13.6. The van der Waals surface area contributed by atoms with E-state index < -0.39 is 62.0 Å². The third-order valence-electron chi connectivity index (χ3n) is 6.55. The molecule has 1 amide bonds. The molecule has 38 heavy (non-hydrogen) atoms. The Morgan fingerprint density at radius 3 is 2.47 bits per heavy atom. The quantitative estimate of drug-likeness (QED) is 0.179. The maximum absolute atomic E-state index is 13.6. The van der Waals surface area contributed by atoms with Gasteiger partial charge >= 0.3 is 11.9 Å². The number of phenolic OH excluding ortho intramolecular Hbond substituents is 2. The van der Waals surface area contributed by atoms with Crippen LogP contribution in [0.4, 0.5) is 0 Å². The first-order chi connectivity index (χ1) is 17.9. The number of amides is 1. The van der Waals surface area contributed by atoms with Crippen LogP contribution < -0.4 is 9.47 Å². The molecule has 0 bridgehead atoms. The normalized spacial score (nSPS) is 24.4. The first-order valence-corrected chi connectivity index (χ1v) is 12.7. The number of rotatable bonds is 8. The second kappa shape index (κ2) is 9.52. The summed E-state index contributed by atoms with van der Waals surface area (Å²) in [5.41, 5.74) is 0.155. The molecule has 0 saturated carbocycles. The number of carbonyl (C=O) groups is 3. The number of sulfone groups is 1. The summed E-state index contributed by atoms with van der Waals surface area (Å²) in [7, 11) is -1.70. The number of phenols is 2. The number of benzene rings is 1. The number of β-lactam (4-membered cyclic amide) rings is 1. The summed E-state index contributed by atoms with van der Waals surface area (Å²) in [5.74, 6) is -3.73. The number of hydrogen-bond acceptors (Lipinski definition) is 11. The standard InChI is InChI=1S/C24H24N2O11S/c1-24(11-37-18(29)9-12-4-5-15(27)16(28)8-12)20(23(31)32)26-21(30)13(22(26)38(24,33)34)10-14-19(36-3)17(35-2)6-7-25-14/h4-8,10,20,22,27-28H,9,11H2,1-3H3,(H,31,32)/b13-10-/t20-,22+,24-/m0/s1. The molecule has 2 aliphatic heterocycles. The Labute approximate surface area is 216 Å². The highest BCUT2D eigenvalue weighted by molar-refractivity contribution is 7.94. The second-order valence-corrected chi connectivity index (χ2v) is 11.3. The molecule has 0 radical (unpaired) electrons. The summed E-state index contributed by atoms with van der Waals surface area (Å²) < 4.78 is 40.7. The van der Waals surface area contributed by atoms with Gasteiger partial charge in [0.2, 0.25) is 0 Å². The van der Waals surface area contributed by atoms with Gasteiger partial charge in [0.05, 0.1) is 26.2 Å². The lowest BCUT2D eigenvalue weighted by atomic mass is 9.94. The van der Waals surface area contributed by atoms with Crippen molar-refractivity contribution >= 4 is 33.8 Å². The van der Waals surface area contributed by atoms with Crippen molar-refractivity contribution in [3.8, 4) is 23.0 Å². The number of esters is 1. The summed E-state index contributed by atoms with van der Waals surface area (Å²) in [6, 6.07) is 3.33. The first kappa shape index (κ1) is 26.7. The molecule has 3 N–H and O–H groups in total. The fourth-order valence-corrected chi connectivity index (χ4v) is 6.85. The predicted molar refractivity (Wildman–Crippen MR) is 129 cm³/mol. The van der Waals surface area contributed by atoms with Crippen LogP contribution in [0.1, 0.15) is 18.2 Å². The van der Waals surface area contributed by atoms with Gasteiger partial charge in [-0.2, -0.15) is 0 Å². The number of carbonyl (C=O) groups excluding carboxylic acids is 2. The van der Waals surface area contributed by atoms with Gasteiger partial charge in [0.25, 0.3) is 5.91 Å². The minimum atomic E-state index is -4.43. The Balaban J connectivity index is 1.64. The molecule has 2 fully saturated rings. The number of pyridine rings is 1. The molecular weight excluding hydrogens is 524 g/mol. The predicted octanol–water partition coefficient (Wildman–Crippen LogP) is 0.488. The van der Waals surface area contributed by atoms with Crippen molar-refractivity contribution in [2.75, 3.05) is 20.8 Å². The SMILES string of the molecule is COc1ccnc(/C=C2/C(=O)N3[C@@H](C(=O)O)[C@](C)(COC(=O)Cc4ccc(O)c(O)c4)S(=O)(=O)[C@H]23)c1OC.